The lowest BCUT2D eigenvalue weighted by atomic mass is 10.2. The average molecular weight is 400 g/mol. The maximum absolute atomic E-state index is 12.4. The van der Waals surface area contributed by atoms with Crippen molar-refractivity contribution in [3.8, 4) is 5.75 Å². The Bertz CT molecular complexity index is 1030. The molecule has 0 spiro atoms. The largest absolute Gasteiger partial charge is 0.508 e. The topological polar surface area (TPSA) is 123 Å². The molecular formula is C18H14ClN5O4. The van der Waals surface area contributed by atoms with Gasteiger partial charge in [-0.15, -0.1) is 0 Å². The zero-order chi connectivity index (χ0) is 20.1. The summed E-state index contributed by atoms with van der Waals surface area (Å²) in [4.78, 5) is 22.8. The molecule has 1 aromatic heterocycles. The molecule has 0 aliphatic heterocycles. The number of amides is 1. The monoisotopic (exact) mass is 399 g/mol. The first kappa shape index (κ1) is 19.1. The maximum atomic E-state index is 12.4. The van der Waals surface area contributed by atoms with Crippen LogP contribution >= 0.6 is 11.6 Å². The summed E-state index contributed by atoms with van der Waals surface area (Å²) < 4.78 is 1.23. The highest BCUT2D eigenvalue weighted by atomic mass is 35.5. The number of rotatable bonds is 6. The SMILES string of the molecule is O=C(N/N=C/c1ccc(O)cc1)c1cc([N+](=O)[O-])nn1Cc1ccc(Cl)cc1. The lowest BCUT2D eigenvalue weighted by Gasteiger charge is -2.03. The fourth-order valence-electron chi connectivity index (χ4n) is 2.34. The number of phenolic OH excluding ortho intramolecular Hbond substituents is 1. The van der Waals surface area contributed by atoms with Gasteiger partial charge in [0.15, 0.2) is 5.69 Å². The normalized spacial score (nSPS) is 10.9. The number of nitro groups is 1. The van der Waals surface area contributed by atoms with Crippen molar-refractivity contribution in [3.63, 3.8) is 0 Å². The van der Waals surface area contributed by atoms with Crippen molar-refractivity contribution in [2.45, 2.75) is 6.54 Å². The number of nitrogens with one attached hydrogen (secondary N) is 1. The van der Waals surface area contributed by atoms with Gasteiger partial charge in [0.1, 0.15) is 5.75 Å². The van der Waals surface area contributed by atoms with Crippen LogP contribution in [0, 0.1) is 10.1 Å². The van der Waals surface area contributed by atoms with Crippen molar-refractivity contribution < 1.29 is 14.8 Å². The first-order chi connectivity index (χ1) is 13.4. The van der Waals surface area contributed by atoms with Gasteiger partial charge >= 0.3 is 5.82 Å². The quantitative estimate of drug-likeness (QED) is 0.374. The van der Waals surface area contributed by atoms with Crippen molar-refractivity contribution in [3.05, 3.63) is 86.6 Å². The van der Waals surface area contributed by atoms with Crippen LogP contribution < -0.4 is 5.43 Å². The molecule has 0 saturated carbocycles. The highest BCUT2D eigenvalue weighted by Crippen LogP contribution is 2.16. The first-order valence-corrected chi connectivity index (χ1v) is 8.39. The molecular weight excluding hydrogens is 386 g/mol. The van der Waals surface area contributed by atoms with E-state index >= 15 is 0 Å². The smallest absolute Gasteiger partial charge is 0.390 e. The van der Waals surface area contributed by atoms with E-state index in [-0.39, 0.29) is 18.0 Å². The Labute approximate surface area is 164 Å². The number of nitrogens with zero attached hydrogens (tertiary/aromatic N) is 4. The van der Waals surface area contributed by atoms with Crippen molar-refractivity contribution >= 4 is 29.5 Å². The molecule has 0 aliphatic rings. The summed E-state index contributed by atoms with van der Waals surface area (Å²) in [6.45, 7) is 0.148. The summed E-state index contributed by atoms with van der Waals surface area (Å²) in [5.41, 5.74) is 3.72. The number of aromatic hydroxyl groups is 1. The van der Waals surface area contributed by atoms with Crippen molar-refractivity contribution in [1.29, 1.82) is 0 Å². The Morgan fingerprint density at radius 1 is 1.25 bits per heavy atom. The summed E-state index contributed by atoms with van der Waals surface area (Å²) in [6.07, 6.45) is 1.38. The van der Waals surface area contributed by atoms with Crippen LogP contribution in [0.2, 0.25) is 5.02 Å². The van der Waals surface area contributed by atoms with E-state index in [2.05, 4.69) is 15.6 Å². The molecule has 3 aromatic rings. The molecule has 10 heteroatoms. The van der Waals surface area contributed by atoms with E-state index in [1.807, 2.05) is 0 Å². The molecule has 0 fully saturated rings. The molecule has 142 valence electrons. The summed E-state index contributed by atoms with van der Waals surface area (Å²) >= 11 is 5.85. The lowest BCUT2D eigenvalue weighted by molar-refractivity contribution is -0.389. The van der Waals surface area contributed by atoms with Crippen LogP contribution in [0.1, 0.15) is 21.6 Å². The lowest BCUT2D eigenvalue weighted by Crippen LogP contribution is -2.22. The van der Waals surface area contributed by atoms with Crippen molar-refractivity contribution in [2.24, 2.45) is 5.10 Å². The van der Waals surface area contributed by atoms with E-state index in [9.17, 15) is 20.0 Å². The summed E-state index contributed by atoms with van der Waals surface area (Å²) in [7, 11) is 0. The van der Waals surface area contributed by atoms with Crippen LogP contribution in [0.5, 0.6) is 5.75 Å². The van der Waals surface area contributed by atoms with Gasteiger partial charge in [0.2, 0.25) is 0 Å². The number of hydrazone groups is 1. The van der Waals surface area contributed by atoms with Gasteiger partial charge in [0.05, 0.1) is 23.9 Å². The van der Waals surface area contributed by atoms with Crippen LogP contribution in [0.25, 0.3) is 0 Å². The molecule has 1 heterocycles. The highest BCUT2D eigenvalue weighted by molar-refractivity contribution is 6.30. The van der Waals surface area contributed by atoms with Gasteiger partial charge < -0.3 is 15.2 Å². The fraction of sp³-hybridized carbons (Fsp3) is 0.0556. The Balaban J connectivity index is 1.78. The molecule has 0 aliphatic carbocycles. The molecule has 0 unspecified atom stereocenters. The maximum Gasteiger partial charge on any atom is 0.390 e. The number of carbonyl (C=O) groups is 1. The Kier molecular flexibility index (Phi) is 5.66. The highest BCUT2D eigenvalue weighted by Gasteiger charge is 2.23. The molecule has 2 aromatic carbocycles. The summed E-state index contributed by atoms with van der Waals surface area (Å²) in [5.74, 6) is -0.981. The minimum Gasteiger partial charge on any atom is -0.508 e. The molecule has 1 amide bonds. The van der Waals surface area contributed by atoms with Crippen LogP contribution in [0.3, 0.4) is 0 Å². The third kappa shape index (κ3) is 4.71. The number of benzene rings is 2. The Morgan fingerprint density at radius 2 is 1.93 bits per heavy atom. The molecule has 0 saturated heterocycles. The minimum absolute atomic E-state index is 0.00972. The summed E-state index contributed by atoms with van der Waals surface area (Å²) in [5, 5.41) is 28.5. The molecule has 0 atom stereocenters. The number of phenols is 1. The van der Waals surface area contributed by atoms with Crippen LogP contribution in [-0.4, -0.2) is 31.9 Å². The van der Waals surface area contributed by atoms with Crippen molar-refractivity contribution in [1.82, 2.24) is 15.2 Å². The first-order valence-electron chi connectivity index (χ1n) is 8.01. The van der Waals surface area contributed by atoms with Gasteiger partial charge in [-0.2, -0.15) is 9.78 Å². The van der Waals surface area contributed by atoms with E-state index < -0.39 is 16.6 Å². The molecule has 3 rings (SSSR count). The van der Waals surface area contributed by atoms with Crippen molar-refractivity contribution in [2.75, 3.05) is 0 Å². The molecule has 28 heavy (non-hydrogen) atoms. The second-order valence-electron chi connectivity index (χ2n) is 5.72. The van der Waals surface area contributed by atoms with Crippen LogP contribution in [0.15, 0.2) is 59.7 Å². The van der Waals surface area contributed by atoms with Gasteiger partial charge in [-0.05, 0) is 52.4 Å². The zero-order valence-corrected chi connectivity index (χ0v) is 15.1. The third-order valence-corrected chi connectivity index (χ3v) is 3.96. The number of halogens is 1. The van der Waals surface area contributed by atoms with Gasteiger partial charge in [-0.25, -0.2) is 5.43 Å². The fourth-order valence-corrected chi connectivity index (χ4v) is 2.47. The van der Waals surface area contributed by atoms with Gasteiger partial charge in [0, 0.05) is 5.02 Å². The molecule has 0 bridgehead atoms. The van der Waals surface area contributed by atoms with Gasteiger partial charge in [0.25, 0.3) is 5.91 Å². The van der Waals surface area contributed by atoms with E-state index in [1.54, 1.807) is 36.4 Å². The van der Waals surface area contributed by atoms with E-state index in [0.29, 0.717) is 10.6 Å². The number of hydrogen-bond acceptors (Lipinski definition) is 6. The average Bonchev–Trinajstić information content (AvgIpc) is 3.09. The van der Waals surface area contributed by atoms with E-state index in [0.717, 1.165) is 11.6 Å². The van der Waals surface area contributed by atoms with E-state index in [4.69, 9.17) is 11.6 Å². The number of carbonyl (C=O) groups excluding carboxylic acids is 1. The predicted octanol–water partition coefficient (Wildman–Crippen LogP) is 2.96. The predicted molar refractivity (Wildman–Crippen MR) is 103 cm³/mol. The van der Waals surface area contributed by atoms with Crippen LogP contribution in [0.4, 0.5) is 5.82 Å². The third-order valence-electron chi connectivity index (χ3n) is 3.71. The van der Waals surface area contributed by atoms with Crippen LogP contribution in [-0.2, 0) is 6.54 Å². The molecule has 2 N–H and O–H groups in total. The summed E-state index contributed by atoms with van der Waals surface area (Å²) in [6, 6.07) is 14.1. The number of aromatic nitrogens is 2. The second kappa shape index (κ2) is 8.31. The standard InChI is InChI=1S/C18H14ClN5O4/c19-14-5-1-13(2-6-14)11-23-16(9-17(22-23)24(27)28)18(26)21-20-10-12-3-7-15(25)8-4-12/h1-10,25H,11H2,(H,21,26)/b20-10+. The van der Waals surface area contributed by atoms with Gasteiger partial charge in [-0.3, -0.25) is 4.79 Å². The molecule has 0 radical (unpaired) electrons. The minimum atomic E-state index is -0.672. The van der Waals surface area contributed by atoms with E-state index in [1.165, 1.54) is 23.0 Å². The van der Waals surface area contributed by atoms with Gasteiger partial charge in [-0.1, -0.05) is 23.7 Å². The molecule has 9 nitrogen and oxygen atoms in total. The Hall–Kier alpha value is -3.72. The Morgan fingerprint density at radius 3 is 2.57 bits per heavy atom. The second-order valence-corrected chi connectivity index (χ2v) is 6.16. The zero-order valence-electron chi connectivity index (χ0n) is 14.3. The number of hydrogen-bond donors (Lipinski definition) is 2.